The maximum Gasteiger partial charge on any atom is 0.184 e. The highest BCUT2D eigenvalue weighted by Gasteiger charge is 2.04. The fourth-order valence-corrected chi connectivity index (χ4v) is 2.89. The number of fused-ring (bicyclic) bond motifs is 1. The monoisotopic (exact) mass is 265 g/mol. The Kier molecular flexibility index (Phi) is 2.74. The Morgan fingerprint density at radius 1 is 1.35 bits per heavy atom. The van der Waals surface area contributed by atoms with Crippen LogP contribution in [0.5, 0.6) is 0 Å². The van der Waals surface area contributed by atoms with Crippen molar-refractivity contribution in [2.45, 2.75) is 6.54 Å². The third kappa shape index (κ3) is 2.27. The van der Waals surface area contributed by atoms with Gasteiger partial charge in [-0.15, -0.1) is 11.3 Å². The topological polar surface area (TPSA) is 37.8 Å². The van der Waals surface area contributed by atoms with Crippen LogP contribution in [0.4, 0.5) is 9.52 Å². The summed E-state index contributed by atoms with van der Waals surface area (Å²) in [5, 5.41) is 4.02. The molecule has 6 heteroatoms. The quantitative estimate of drug-likeness (QED) is 0.787. The lowest BCUT2D eigenvalue weighted by molar-refractivity contribution is 0.630. The maximum absolute atomic E-state index is 13.0. The van der Waals surface area contributed by atoms with Gasteiger partial charge in [0.05, 0.1) is 22.3 Å². The molecule has 0 atom stereocenters. The highest BCUT2D eigenvalue weighted by molar-refractivity contribution is 7.22. The normalized spacial score (nSPS) is 10.9. The van der Waals surface area contributed by atoms with Crippen LogP contribution in [0, 0.1) is 5.82 Å². The number of nitrogens with zero attached hydrogens (tertiary/aromatic N) is 2. The van der Waals surface area contributed by atoms with Crippen molar-refractivity contribution in [1.82, 2.24) is 9.97 Å². The summed E-state index contributed by atoms with van der Waals surface area (Å²) in [5.74, 6) is -0.227. The Balaban J connectivity index is 1.81. The molecule has 86 valence electrons. The molecule has 2 aromatic heterocycles. The van der Waals surface area contributed by atoms with Gasteiger partial charge in [-0.1, -0.05) is 11.3 Å². The second-order valence-corrected chi connectivity index (χ2v) is 5.45. The molecule has 0 radical (unpaired) electrons. The van der Waals surface area contributed by atoms with Gasteiger partial charge in [-0.2, -0.15) is 0 Å². The first kappa shape index (κ1) is 10.6. The lowest BCUT2D eigenvalue weighted by atomic mass is 10.3. The summed E-state index contributed by atoms with van der Waals surface area (Å²) < 4.78 is 13.9. The second-order valence-electron chi connectivity index (χ2n) is 3.45. The van der Waals surface area contributed by atoms with Gasteiger partial charge in [0.25, 0.3) is 0 Å². The molecule has 2 heterocycles. The van der Waals surface area contributed by atoms with Crippen molar-refractivity contribution in [3.8, 4) is 0 Å². The maximum atomic E-state index is 13.0. The second kappa shape index (κ2) is 4.38. The van der Waals surface area contributed by atoms with Gasteiger partial charge in [-0.3, -0.25) is 4.98 Å². The number of benzene rings is 1. The SMILES string of the molecule is Fc1ccc2nc(NCc3cncs3)sc2c1. The molecule has 0 bridgehead atoms. The summed E-state index contributed by atoms with van der Waals surface area (Å²) in [7, 11) is 0. The van der Waals surface area contributed by atoms with Crippen LogP contribution in [0.2, 0.25) is 0 Å². The summed E-state index contributed by atoms with van der Waals surface area (Å²) in [6.45, 7) is 0.701. The summed E-state index contributed by atoms with van der Waals surface area (Å²) in [4.78, 5) is 9.53. The van der Waals surface area contributed by atoms with Crippen molar-refractivity contribution in [1.29, 1.82) is 0 Å². The van der Waals surface area contributed by atoms with Crippen LogP contribution >= 0.6 is 22.7 Å². The lowest BCUT2D eigenvalue weighted by Crippen LogP contribution is -1.96. The molecule has 1 N–H and O–H groups in total. The summed E-state index contributed by atoms with van der Waals surface area (Å²) in [5.41, 5.74) is 2.62. The average molecular weight is 265 g/mol. The molecule has 0 fully saturated rings. The predicted octanol–water partition coefficient (Wildman–Crippen LogP) is 3.50. The molecule has 0 amide bonds. The van der Waals surface area contributed by atoms with E-state index in [1.807, 2.05) is 6.20 Å². The van der Waals surface area contributed by atoms with Crippen LogP contribution in [0.1, 0.15) is 4.88 Å². The van der Waals surface area contributed by atoms with Gasteiger partial charge in [0.15, 0.2) is 5.13 Å². The van der Waals surface area contributed by atoms with Crippen molar-refractivity contribution in [2.75, 3.05) is 5.32 Å². The minimum absolute atomic E-state index is 0.227. The van der Waals surface area contributed by atoms with Gasteiger partial charge >= 0.3 is 0 Å². The largest absolute Gasteiger partial charge is 0.357 e. The van der Waals surface area contributed by atoms with Crippen LogP contribution in [-0.4, -0.2) is 9.97 Å². The fourth-order valence-electron chi connectivity index (χ4n) is 1.47. The lowest BCUT2D eigenvalue weighted by Gasteiger charge is -1.97. The van der Waals surface area contributed by atoms with Gasteiger partial charge in [-0.05, 0) is 18.2 Å². The third-order valence-electron chi connectivity index (χ3n) is 2.25. The molecule has 0 saturated heterocycles. The number of hydrogen-bond acceptors (Lipinski definition) is 5. The predicted molar refractivity (Wildman–Crippen MR) is 69.0 cm³/mol. The minimum Gasteiger partial charge on any atom is -0.357 e. The Hall–Kier alpha value is -1.53. The van der Waals surface area contributed by atoms with E-state index >= 15 is 0 Å². The van der Waals surface area contributed by atoms with Crippen LogP contribution in [0.3, 0.4) is 0 Å². The molecule has 3 nitrogen and oxygen atoms in total. The van der Waals surface area contributed by atoms with E-state index in [1.54, 1.807) is 22.9 Å². The van der Waals surface area contributed by atoms with Crippen molar-refractivity contribution < 1.29 is 4.39 Å². The van der Waals surface area contributed by atoms with Crippen molar-refractivity contribution in [3.63, 3.8) is 0 Å². The molecular formula is C11H8FN3S2. The van der Waals surface area contributed by atoms with E-state index in [-0.39, 0.29) is 5.82 Å². The molecule has 0 saturated carbocycles. The van der Waals surface area contributed by atoms with Crippen LogP contribution in [-0.2, 0) is 6.54 Å². The molecule has 0 spiro atoms. The zero-order valence-electron chi connectivity index (χ0n) is 8.68. The number of halogens is 1. The van der Waals surface area contributed by atoms with Gasteiger partial charge in [0.1, 0.15) is 5.82 Å². The Morgan fingerprint density at radius 3 is 3.12 bits per heavy atom. The molecule has 17 heavy (non-hydrogen) atoms. The van der Waals surface area contributed by atoms with Crippen molar-refractivity contribution in [2.24, 2.45) is 0 Å². The first-order valence-corrected chi connectivity index (χ1v) is 6.68. The van der Waals surface area contributed by atoms with E-state index < -0.39 is 0 Å². The van der Waals surface area contributed by atoms with E-state index in [9.17, 15) is 4.39 Å². The molecule has 0 unspecified atom stereocenters. The van der Waals surface area contributed by atoms with Crippen LogP contribution < -0.4 is 5.32 Å². The van der Waals surface area contributed by atoms with Gasteiger partial charge in [0, 0.05) is 11.1 Å². The van der Waals surface area contributed by atoms with Crippen LogP contribution in [0.15, 0.2) is 29.9 Å². The highest BCUT2D eigenvalue weighted by Crippen LogP contribution is 2.26. The van der Waals surface area contributed by atoms with Gasteiger partial charge < -0.3 is 5.32 Å². The number of anilines is 1. The van der Waals surface area contributed by atoms with Gasteiger partial charge in [-0.25, -0.2) is 9.37 Å². The molecule has 0 aliphatic rings. The third-order valence-corrected chi connectivity index (χ3v) is 4.00. The summed E-state index contributed by atoms with van der Waals surface area (Å²) in [6.07, 6.45) is 1.82. The molecule has 0 aliphatic carbocycles. The number of hydrogen-bond donors (Lipinski definition) is 1. The van der Waals surface area contributed by atoms with E-state index in [2.05, 4.69) is 15.3 Å². The van der Waals surface area contributed by atoms with E-state index in [4.69, 9.17) is 0 Å². The van der Waals surface area contributed by atoms with E-state index in [0.717, 1.165) is 20.2 Å². The molecule has 3 rings (SSSR count). The molecule has 0 aliphatic heterocycles. The number of nitrogens with one attached hydrogen (secondary N) is 1. The number of aromatic nitrogens is 2. The Morgan fingerprint density at radius 2 is 2.29 bits per heavy atom. The zero-order valence-corrected chi connectivity index (χ0v) is 10.3. The first-order chi connectivity index (χ1) is 8.31. The standard InChI is InChI=1S/C11H8FN3S2/c12-7-1-2-9-10(3-7)17-11(15-9)14-5-8-4-13-6-16-8/h1-4,6H,5H2,(H,14,15). The van der Waals surface area contributed by atoms with E-state index in [0.29, 0.717) is 6.54 Å². The smallest absolute Gasteiger partial charge is 0.184 e. The fraction of sp³-hybridized carbons (Fsp3) is 0.0909. The summed E-state index contributed by atoms with van der Waals surface area (Å²) in [6, 6.07) is 4.62. The van der Waals surface area contributed by atoms with Crippen LogP contribution in [0.25, 0.3) is 10.2 Å². The average Bonchev–Trinajstić information content (AvgIpc) is 2.94. The molecule has 1 aromatic carbocycles. The number of rotatable bonds is 3. The molecular weight excluding hydrogens is 257 g/mol. The zero-order chi connectivity index (χ0) is 11.7. The Labute approximate surface area is 105 Å². The first-order valence-electron chi connectivity index (χ1n) is 4.98. The van der Waals surface area contributed by atoms with E-state index in [1.165, 1.54) is 23.5 Å². The number of thiazole rings is 2. The molecule has 3 aromatic rings. The Bertz CT molecular complexity index is 633. The van der Waals surface area contributed by atoms with Gasteiger partial charge in [0.2, 0.25) is 0 Å². The highest BCUT2D eigenvalue weighted by atomic mass is 32.1. The summed E-state index contributed by atoms with van der Waals surface area (Å²) >= 11 is 3.05. The minimum atomic E-state index is -0.227. The van der Waals surface area contributed by atoms with Crippen molar-refractivity contribution >= 4 is 38.0 Å². The van der Waals surface area contributed by atoms with Crippen molar-refractivity contribution in [3.05, 3.63) is 40.6 Å².